The number of rotatable bonds is 6. The minimum Gasteiger partial charge on any atom is -0.369 e. The maximum atomic E-state index is 10.9. The summed E-state index contributed by atoms with van der Waals surface area (Å²) in [4.78, 5) is 10.9. The van der Waals surface area contributed by atoms with Crippen LogP contribution in [-0.2, 0) is 6.42 Å². The predicted octanol–water partition coefficient (Wildman–Crippen LogP) is 1.23. The van der Waals surface area contributed by atoms with E-state index < -0.39 is 5.91 Å². The van der Waals surface area contributed by atoms with Gasteiger partial charge in [-0.1, -0.05) is 5.16 Å². The van der Waals surface area contributed by atoms with Crippen LogP contribution in [0.25, 0.3) is 0 Å². The Morgan fingerprint density at radius 3 is 2.70 bits per heavy atom. The smallest absolute Gasteiger partial charge is 0.269 e. The highest BCUT2D eigenvalue weighted by molar-refractivity contribution is 5.90. The third-order valence-electron chi connectivity index (χ3n) is 3.01. The quantitative estimate of drug-likeness (QED) is 0.768. The molecule has 0 unspecified atom stereocenters. The average Bonchev–Trinajstić information content (AvgIpc) is 2.75. The van der Waals surface area contributed by atoms with E-state index in [1.54, 1.807) is 12.1 Å². The average molecular weight is 275 g/mol. The molecule has 106 valence electrons. The Balaban J connectivity index is 1.80. The maximum absolute atomic E-state index is 10.9. The summed E-state index contributed by atoms with van der Waals surface area (Å²) in [5.41, 5.74) is 7.34. The van der Waals surface area contributed by atoms with Crippen molar-refractivity contribution in [2.24, 2.45) is 5.73 Å². The summed E-state index contributed by atoms with van der Waals surface area (Å²) in [6.07, 6.45) is 1.81. The number of hydrogen-bond acceptors (Lipinski definition) is 6. The van der Waals surface area contributed by atoms with Crippen molar-refractivity contribution < 1.29 is 9.32 Å². The molecule has 0 spiro atoms. The molecular formula is C13H17N5O2. The van der Waals surface area contributed by atoms with E-state index in [0.29, 0.717) is 5.82 Å². The van der Waals surface area contributed by atoms with E-state index in [2.05, 4.69) is 20.7 Å². The normalized spacial score (nSPS) is 10.5. The maximum Gasteiger partial charge on any atom is 0.269 e. The van der Waals surface area contributed by atoms with Gasteiger partial charge in [-0.3, -0.25) is 4.79 Å². The van der Waals surface area contributed by atoms with E-state index >= 15 is 0 Å². The lowest BCUT2D eigenvalue weighted by Crippen LogP contribution is -2.14. The fourth-order valence-electron chi connectivity index (χ4n) is 1.90. The Morgan fingerprint density at radius 1 is 1.35 bits per heavy atom. The predicted molar refractivity (Wildman–Crippen MR) is 73.3 cm³/mol. The van der Waals surface area contributed by atoms with Crippen LogP contribution in [0.4, 0.5) is 5.82 Å². The van der Waals surface area contributed by atoms with Crippen molar-refractivity contribution in [2.75, 3.05) is 11.9 Å². The highest BCUT2D eigenvalue weighted by Crippen LogP contribution is 2.14. The summed E-state index contributed by atoms with van der Waals surface area (Å²) in [6.45, 7) is 4.60. The van der Waals surface area contributed by atoms with Crippen LogP contribution in [0, 0.1) is 13.8 Å². The number of primary amides is 1. The summed E-state index contributed by atoms with van der Waals surface area (Å²) in [6, 6.07) is 3.23. The first kappa shape index (κ1) is 14.0. The van der Waals surface area contributed by atoms with Gasteiger partial charge < -0.3 is 15.6 Å². The van der Waals surface area contributed by atoms with E-state index in [0.717, 1.165) is 36.4 Å². The van der Waals surface area contributed by atoms with Crippen molar-refractivity contribution in [3.63, 3.8) is 0 Å². The second-order valence-electron chi connectivity index (χ2n) is 4.50. The molecule has 2 heterocycles. The Hall–Kier alpha value is -2.44. The topological polar surface area (TPSA) is 107 Å². The lowest BCUT2D eigenvalue weighted by atomic mass is 10.1. The van der Waals surface area contributed by atoms with Crippen LogP contribution in [-0.4, -0.2) is 27.8 Å². The largest absolute Gasteiger partial charge is 0.369 e. The van der Waals surface area contributed by atoms with Crippen molar-refractivity contribution in [1.82, 2.24) is 15.4 Å². The molecule has 2 aromatic heterocycles. The van der Waals surface area contributed by atoms with Gasteiger partial charge in [-0.2, -0.15) is 0 Å². The molecule has 0 saturated carbocycles. The Bertz CT molecular complexity index is 572. The Kier molecular flexibility index (Phi) is 4.29. The molecule has 0 aliphatic heterocycles. The molecule has 0 aromatic carbocycles. The van der Waals surface area contributed by atoms with Crippen molar-refractivity contribution in [3.05, 3.63) is 34.8 Å². The van der Waals surface area contributed by atoms with Crippen LogP contribution in [0.15, 0.2) is 16.7 Å². The second-order valence-corrected chi connectivity index (χ2v) is 4.50. The fourth-order valence-corrected chi connectivity index (χ4v) is 1.90. The molecule has 0 radical (unpaired) electrons. The van der Waals surface area contributed by atoms with Gasteiger partial charge in [0, 0.05) is 12.1 Å². The molecule has 0 bridgehead atoms. The van der Waals surface area contributed by atoms with E-state index in [-0.39, 0.29) is 5.69 Å². The number of carbonyl (C=O) groups excluding carboxylic acids is 1. The van der Waals surface area contributed by atoms with Gasteiger partial charge in [0.15, 0.2) is 5.69 Å². The molecule has 0 aliphatic rings. The molecule has 0 fully saturated rings. The summed E-state index contributed by atoms with van der Waals surface area (Å²) < 4.78 is 5.11. The first-order chi connectivity index (χ1) is 9.58. The summed E-state index contributed by atoms with van der Waals surface area (Å²) in [5.74, 6) is 0.907. The standard InChI is InChI=1S/C13H17N5O2/c1-8-10(9(2)20-18-8)4-3-7-15-12-6-5-11(13(14)19)16-17-12/h5-6H,3-4,7H2,1-2H3,(H2,14,19)(H,15,17). The lowest BCUT2D eigenvalue weighted by molar-refractivity contribution is 0.0994. The second kappa shape index (κ2) is 6.14. The Labute approximate surface area is 116 Å². The first-order valence-corrected chi connectivity index (χ1v) is 6.37. The molecular weight excluding hydrogens is 258 g/mol. The number of nitrogens with two attached hydrogens (primary N) is 1. The zero-order valence-corrected chi connectivity index (χ0v) is 11.5. The number of nitrogens with one attached hydrogen (secondary N) is 1. The molecule has 7 heteroatoms. The SMILES string of the molecule is Cc1noc(C)c1CCCNc1ccc(C(N)=O)nn1. The van der Waals surface area contributed by atoms with Gasteiger partial charge in [-0.15, -0.1) is 10.2 Å². The minimum atomic E-state index is -0.581. The number of hydrogen-bond donors (Lipinski definition) is 2. The number of anilines is 1. The molecule has 2 rings (SSSR count). The molecule has 7 nitrogen and oxygen atoms in total. The minimum absolute atomic E-state index is 0.159. The van der Waals surface area contributed by atoms with Crippen LogP contribution >= 0.6 is 0 Å². The van der Waals surface area contributed by atoms with Gasteiger partial charge in [0.05, 0.1) is 5.69 Å². The van der Waals surface area contributed by atoms with Gasteiger partial charge in [0.2, 0.25) is 0 Å². The summed E-state index contributed by atoms with van der Waals surface area (Å²) >= 11 is 0. The number of amides is 1. The molecule has 3 N–H and O–H groups in total. The summed E-state index contributed by atoms with van der Waals surface area (Å²) in [7, 11) is 0. The number of carbonyl (C=O) groups is 1. The molecule has 1 amide bonds. The van der Waals surface area contributed by atoms with Crippen molar-refractivity contribution in [3.8, 4) is 0 Å². The van der Waals surface area contributed by atoms with E-state index in [9.17, 15) is 4.79 Å². The van der Waals surface area contributed by atoms with E-state index in [4.69, 9.17) is 10.3 Å². The van der Waals surface area contributed by atoms with Gasteiger partial charge in [0.1, 0.15) is 11.6 Å². The third kappa shape index (κ3) is 3.31. The van der Waals surface area contributed by atoms with Crippen molar-refractivity contribution in [1.29, 1.82) is 0 Å². The number of aromatic nitrogens is 3. The van der Waals surface area contributed by atoms with Crippen LogP contribution < -0.4 is 11.1 Å². The van der Waals surface area contributed by atoms with Crippen molar-refractivity contribution >= 4 is 11.7 Å². The van der Waals surface area contributed by atoms with Crippen LogP contribution in [0.5, 0.6) is 0 Å². The van der Waals surface area contributed by atoms with Gasteiger partial charge >= 0.3 is 0 Å². The van der Waals surface area contributed by atoms with Gasteiger partial charge in [-0.05, 0) is 38.8 Å². The van der Waals surface area contributed by atoms with Gasteiger partial charge in [0.25, 0.3) is 5.91 Å². The van der Waals surface area contributed by atoms with E-state index in [1.165, 1.54) is 0 Å². The first-order valence-electron chi connectivity index (χ1n) is 6.37. The van der Waals surface area contributed by atoms with Crippen molar-refractivity contribution in [2.45, 2.75) is 26.7 Å². The third-order valence-corrected chi connectivity index (χ3v) is 3.01. The van der Waals surface area contributed by atoms with Crippen LogP contribution in [0.1, 0.15) is 33.9 Å². The molecule has 0 saturated heterocycles. The summed E-state index contributed by atoms with van der Waals surface area (Å²) in [5, 5.41) is 14.7. The molecule has 0 aliphatic carbocycles. The number of aryl methyl sites for hydroxylation is 2. The highest BCUT2D eigenvalue weighted by Gasteiger charge is 2.08. The molecule has 20 heavy (non-hydrogen) atoms. The fraction of sp³-hybridized carbons (Fsp3) is 0.385. The van der Waals surface area contributed by atoms with E-state index in [1.807, 2.05) is 13.8 Å². The highest BCUT2D eigenvalue weighted by atomic mass is 16.5. The monoisotopic (exact) mass is 275 g/mol. The van der Waals surface area contributed by atoms with Crippen LogP contribution in [0.3, 0.4) is 0 Å². The Morgan fingerprint density at radius 2 is 2.15 bits per heavy atom. The zero-order chi connectivity index (χ0) is 14.5. The molecule has 0 atom stereocenters. The number of nitrogens with zero attached hydrogens (tertiary/aromatic N) is 3. The van der Waals surface area contributed by atoms with Crippen LogP contribution in [0.2, 0.25) is 0 Å². The molecule has 2 aromatic rings. The van der Waals surface area contributed by atoms with Gasteiger partial charge in [-0.25, -0.2) is 0 Å². The lowest BCUT2D eigenvalue weighted by Gasteiger charge is -2.05. The zero-order valence-electron chi connectivity index (χ0n) is 11.5.